The second-order valence-electron chi connectivity index (χ2n) is 1.81. The van der Waals surface area contributed by atoms with Crippen molar-refractivity contribution in [2.75, 3.05) is 12.5 Å². The fraction of sp³-hybridized carbons (Fsp3) is 0.667. The Kier molecular flexibility index (Phi) is 5.60. The minimum Gasteiger partial charge on any atom is -0.449 e. The summed E-state index contributed by atoms with van der Waals surface area (Å²) in [6.45, 7) is 1.85. The minimum absolute atomic E-state index is 0.0428. The molecular formula is C6H8Cl2N2O2. The van der Waals surface area contributed by atoms with Crippen LogP contribution in [0.3, 0.4) is 0 Å². The van der Waals surface area contributed by atoms with Gasteiger partial charge in [-0.15, -0.1) is 11.6 Å². The third-order valence-corrected chi connectivity index (χ3v) is 1.68. The summed E-state index contributed by atoms with van der Waals surface area (Å²) in [4.78, 5) is 10.9. The number of alkyl halides is 1. The monoisotopic (exact) mass is 210 g/mol. The van der Waals surface area contributed by atoms with Gasteiger partial charge in [-0.05, 0) is 6.92 Å². The van der Waals surface area contributed by atoms with Gasteiger partial charge in [0.25, 0.3) is 0 Å². The molecule has 0 aliphatic carbocycles. The van der Waals surface area contributed by atoms with Crippen LogP contribution >= 0.6 is 23.4 Å². The Labute approximate surface area is 80.7 Å². The summed E-state index contributed by atoms with van der Waals surface area (Å²) in [5.41, 5.74) is 0. The first kappa shape index (κ1) is 11.3. The van der Waals surface area contributed by atoms with E-state index in [4.69, 9.17) is 28.6 Å². The molecule has 0 radical (unpaired) electrons. The molecule has 0 heterocycles. The number of nitriles is 1. The Morgan fingerprint density at radius 2 is 2.42 bits per heavy atom. The number of rotatable bonds is 3. The van der Waals surface area contributed by atoms with Crippen molar-refractivity contribution < 1.29 is 9.53 Å². The van der Waals surface area contributed by atoms with Crippen LogP contribution < -0.4 is 0 Å². The first-order valence-electron chi connectivity index (χ1n) is 3.24. The van der Waals surface area contributed by atoms with Crippen LogP contribution in [0.1, 0.15) is 6.92 Å². The molecule has 68 valence electrons. The molecular weight excluding hydrogens is 203 g/mol. The predicted molar refractivity (Wildman–Crippen MR) is 44.8 cm³/mol. The SMILES string of the molecule is CCOC(=O)N(Cl)C(C#N)CCl. The van der Waals surface area contributed by atoms with Gasteiger partial charge in [-0.3, -0.25) is 0 Å². The van der Waals surface area contributed by atoms with Crippen LogP contribution in [0.15, 0.2) is 0 Å². The molecule has 1 amide bonds. The van der Waals surface area contributed by atoms with Crippen molar-refractivity contribution in [3.8, 4) is 6.07 Å². The van der Waals surface area contributed by atoms with Crippen LogP contribution in [-0.4, -0.2) is 29.0 Å². The van der Waals surface area contributed by atoms with Crippen molar-refractivity contribution in [3.63, 3.8) is 0 Å². The lowest BCUT2D eigenvalue weighted by Gasteiger charge is -2.15. The quantitative estimate of drug-likeness (QED) is 0.527. The average Bonchev–Trinajstić information content (AvgIpc) is 2.07. The maximum atomic E-state index is 10.9. The van der Waals surface area contributed by atoms with Crippen LogP contribution in [0.4, 0.5) is 4.79 Å². The highest BCUT2D eigenvalue weighted by atomic mass is 35.5. The van der Waals surface area contributed by atoms with Crippen LogP contribution in [0, 0.1) is 11.3 Å². The molecule has 0 saturated carbocycles. The molecule has 4 nitrogen and oxygen atoms in total. The van der Waals surface area contributed by atoms with E-state index in [-0.39, 0.29) is 12.5 Å². The molecule has 12 heavy (non-hydrogen) atoms. The second kappa shape index (κ2) is 5.92. The van der Waals surface area contributed by atoms with Gasteiger partial charge in [0.05, 0.1) is 18.6 Å². The van der Waals surface area contributed by atoms with E-state index in [1.807, 2.05) is 0 Å². The van der Waals surface area contributed by atoms with Gasteiger partial charge in [0.15, 0.2) is 6.04 Å². The fourth-order valence-electron chi connectivity index (χ4n) is 0.458. The summed E-state index contributed by atoms with van der Waals surface area (Å²) >= 11 is 10.8. The maximum absolute atomic E-state index is 10.9. The molecule has 0 aromatic carbocycles. The van der Waals surface area contributed by atoms with Gasteiger partial charge in [-0.2, -0.15) is 5.26 Å². The van der Waals surface area contributed by atoms with Crippen LogP contribution in [0.25, 0.3) is 0 Å². The Morgan fingerprint density at radius 1 is 1.83 bits per heavy atom. The molecule has 0 fully saturated rings. The molecule has 0 aromatic heterocycles. The van der Waals surface area contributed by atoms with Crippen LogP contribution in [-0.2, 0) is 4.74 Å². The molecule has 0 N–H and O–H groups in total. The van der Waals surface area contributed by atoms with Crippen molar-refractivity contribution in [1.29, 1.82) is 5.26 Å². The molecule has 6 heteroatoms. The normalized spacial score (nSPS) is 11.5. The van der Waals surface area contributed by atoms with Crippen molar-refractivity contribution >= 4 is 29.5 Å². The molecule has 0 saturated heterocycles. The highest BCUT2D eigenvalue weighted by Crippen LogP contribution is 2.07. The largest absolute Gasteiger partial charge is 0.449 e. The zero-order valence-corrected chi connectivity index (χ0v) is 7.97. The first-order chi connectivity index (χ1) is 5.67. The molecule has 1 atom stereocenters. The third-order valence-electron chi connectivity index (χ3n) is 1.01. The lowest BCUT2D eigenvalue weighted by Crippen LogP contribution is -2.33. The van der Waals surface area contributed by atoms with Gasteiger partial charge in [-0.1, -0.05) is 0 Å². The van der Waals surface area contributed by atoms with Crippen LogP contribution in [0.2, 0.25) is 0 Å². The predicted octanol–water partition coefficient (Wildman–Crippen LogP) is 1.73. The standard InChI is InChI=1S/C6H8Cl2N2O2/c1-2-12-6(11)10(8)5(3-7)4-9/h5H,2-3H2,1H3. The Bertz CT molecular complexity index is 192. The number of hydrogen-bond donors (Lipinski definition) is 0. The zero-order valence-electron chi connectivity index (χ0n) is 6.46. The lowest BCUT2D eigenvalue weighted by molar-refractivity contribution is 0.128. The molecule has 0 bridgehead atoms. The zero-order chi connectivity index (χ0) is 9.56. The Hall–Kier alpha value is -0.660. The number of amides is 1. The summed E-state index contributed by atoms with van der Waals surface area (Å²) in [7, 11) is 0. The van der Waals surface area contributed by atoms with E-state index in [0.29, 0.717) is 4.42 Å². The third kappa shape index (κ3) is 3.16. The molecule has 0 rings (SSSR count). The Balaban J connectivity index is 4.08. The highest BCUT2D eigenvalue weighted by molar-refractivity contribution is 6.22. The number of carbonyl (C=O) groups is 1. The van der Waals surface area contributed by atoms with E-state index in [1.165, 1.54) is 0 Å². The van der Waals surface area contributed by atoms with Crippen molar-refractivity contribution in [2.45, 2.75) is 13.0 Å². The second-order valence-corrected chi connectivity index (χ2v) is 2.48. The summed E-state index contributed by atoms with van der Waals surface area (Å²) < 4.78 is 5.18. The van der Waals surface area contributed by atoms with Crippen molar-refractivity contribution in [1.82, 2.24) is 4.42 Å². The van der Waals surface area contributed by atoms with E-state index < -0.39 is 12.1 Å². The topological polar surface area (TPSA) is 53.3 Å². The fourth-order valence-corrected chi connectivity index (χ4v) is 0.897. The lowest BCUT2D eigenvalue weighted by atomic mass is 10.4. The number of carbonyl (C=O) groups excluding carboxylic acids is 1. The summed E-state index contributed by atoms with van der Waals surface area (Å²) in [5.74, 6) is -0.0428. The van der Waals surface area contributed by atoms with E-state index in [0.717, 1.165) is 0 Å². The Morgan fingerprint density at radius 3 is 2.75 bits per heavy atom. The van der Waals surface area contributed by atoms with Crippen molar-refractivity contribution in [2.24, 2.45) is 0 Å². The summed E-state index contributed by atoms with van der Waals surface area (Å²) in [5, 5.41) is 8.45. The van der Waals surface area contributed by atoms with Gasteiger partial charge in [0.2, 0.25) is 0 Å². The van der Waals surface area contributed by atoms with Crippen molar-refractivity contribution in [3.05, 3.63) is 0 Å². The molecule has 0 aliphatic rings. The molecule has 1 unspecified atom stereocenters. The number of hydrogen-bond acceptors (Lipinski definition) is 3. The highest BCUT2D eigenvalue weighted by Gasteiger charge is 2.21. The maximum Gasteiger partial charge on any atom is 0.425 e. The summed E-state index contributed by atoms with van der Waals surface area (Å²) in [6.07, 6.45) is -0.758. The molecule has 0 aromatic rings. The first-order valence-corrected chi connectivity index (χ1v) is 4.12. The summed E-state index contributed by atoms with van der Waals surface area (Å²) in [6, 6.07) is 0.898. The number of ether oxygens (including phenoxy) is 1. The minimum atomic E-state index is -0.854. The number of halogens is 2. The van der Waals surface area contributed by atoms with E-state index >= 15 is 0 Å². The van der Waals surface area contributed by atoms with Gasteiger partial charge in [0.1, 0.15) is 0 Å². The van der Waals surface area contributed by atoms with E-state index in [1.54, 1.807) is 13.0 Å². The van der Waals surface area contributed by atoms with Gasteiger partial charge < -0.3 is 4.74 Å². The average molecular weight is 211 g/mol. The molecule has 0 spiro atoms. The van der Waals surface area contributed by atoms with Gasteiger partial charge in [-0.25, -0.2) is 9.21 Å². The van der Waals surface area contributed by atoms with Gasteiger partial charge in [0, 0.05) is 11.8 Å². The molecule has 0 aliphatic heterocycles. The number of nitrogens with zero attached hydrogens (tertiary/aromatic N) is 2. The van der Waals surface area contributed by atoms with E-state index in [2.05, 4.69) is 4.74 Å². The van der Waals surface area contributed by atoms with E-state index in [9.17, 15) is 4.79 Å². The smallest absolute Gasteiger partial charge is 0.425 e. The van der Waals surface area contributed by atoms with Gasteiger partial charge >= 0.3 is 6.09 Å². The van der Waals surface area contributed by atoms with Crippen LogP contribution in [0.5, 0.6) is 0 Å².